The number of carbonyl (C=O) groups excluding carboxylic acids is 1. The number of benzene rings is 1. The fourth-order valence-electron chi connectivity index (χ4n) is 1.85. The van der Waals surface area contributed by atoms with Crippen LogP contribution in [0.5, 0.6) is 0 Å². The van der Waals surface area contributed by atoms with E-state index in [2.05, 4.69) is 0 Å². The molecule has 0 aromatic heterocycles. The average molecular weight is 336 g/mol. The molecule has 0 saturated heterocycles. The van der Waals surface area contributed by atoms with E-state index in [1.165, 1.54) is 19.1 Å². The third-order valence-electron chi connectivity index (χ3n) is 2.92. The molecular weight excluding hydrogens is 325 g/mol. The van der Waals surface area contributed by atoms with E-state index in [4.69, 9.17) is 16.3 Å². The third kappa shape index (κ3) is 2.81. The normalized spacial score (nSPS) is 22.4. The van der Waals surface area contributed by atoms with Crippen molar-refractivity contribution in [3.63, 3.8) is 0 Å². The molecule has 2 N–H and O–H groups in total. The van der Waals surface area contributed by atoms with Crippen LogP contribution in [0, 0.1) is 5.82 Å². The zero-order valence-electron chi connectivity index (χ0n) is 11.0. The maximum absolute atomic E-state index is 13.2. The molecule has 2 rings (SSSR count). The molecule has 1 unspecified atom stereocenters. The number of halogens is 2. The highest BCUT2D eigenvalue weighted by molar-refractivity contribution is 7.88. The Balaban J connectivity index is 2.43. The molecule has 1 atom stereocenters. The maximum Gasteiger partial charge on any atom is 0.250 e. The highest BCUT2D eigenvalue weighted by Crippen LogP contribution is 2.38. The molecule has 0 aliphatic carbocycles. The predicted octanol–water partition coefficient (Wildman–Crippen LogP) is 1.57. The summed E-state index contributed by atoms with van der Waals surface area (Å²) in [4.78, 5) is 12.1. The molecule has 0 bridgehead atoms. The second-order valence-corrected chi connectivity index (χ2v) is 6.80. The Hall–Kier alpha value is -1.80. The van der Waals surface area contributed by atoms with Gasteiger partial charge in [-0.15, -0.1) is 0 Å². The molecular formula is C12H11ClFNO5S. The first-order chi connectivity index (χ1) is 9.54. The zero-order chi connectivity index (χ0) is 16.0. The van der Waals surface area contributed by atoms with Crippen LogP contribution in [0.2, 0.25) is 5.02 Å². The molecule has 0 radical (unpaired) electrons. The maximum atomic E-state index is 13.2. The van der Waals surface area contributed by atoms with Crippen LogP contribution in [0.1, 0.15) is 12.5 Å². The van der Waals surface area contributed by atoms with Crippen molar-refractivity contribution in [2.45, 2.75) is 12.5 Å². The van der Waals surface area contributed by atoms with Gasteiger partial charge in [0.2, 0.25) is 21.7 Å². The Morgan fingerprint density at radius 3 is 2.57 bits per heavy atom. The van der Waals surface area contributed by atoms with Crippen LogP contribution in [0.25, 0.3) is 0 Å². The monoisotopic (exact) mass is 335 g/mol. The number of carbonyl (C=O) groups is 1. The fourth-order valence-corrected chi connectivity index (χ4v) is 2.50. The lowest BCUT2D eigenvalue weighted by Crippen LogP contribution is -2.32. The van der Waals surface area contributed by atoms with Gasteiger partial charge < -0.3 is 9.84 Å². The largest absolute Gasteiger partial charge is 0.501 e. The van der Waals surface area contributed by atoms with E-state index >= 15 is 0 Å². The molecule has 1 heterocycles. The van der Waals surface area contributed by atoms with E-state index in [9.17, 15) is 22.7 Å². The van der Waals surface area contributed by atoms with Gasteiger partial charge in [-0.2, -0.15) is 0 Å². The van der Waals surface area contributed by atoms with Crippen molar-refractivity contribution in [2.75, 3.05) is 6.26 Å². The van der Waals surface area contributed by atoms with Gasteiger partial charge in [-0.1, -0.05) is 17.7 Å². The zero-order valence-corrected chi connectivity index (χ0v) is 12.5. The summed E-state index contributed by atoms with van der Waals surface area (Å²) in [5.41, 5.74) is -1.52. The third-order valence-corrected chi connectivity index (χ3v) is 3.76. The first-order valence-corrected chi connectivity index (χ1v) is 7.92. The average Bonchev–Trinajstić information content (AvgIpc) is 2.56. The Kier molecular flexibility index (Phi) is 3.63. The minimum Gasteiger partial charge on any atom is -0.501 e. The highest BCUT2D eigenvalue weighted by atomic mass is 35.5. The molecule has 1 aliphatic rings. The SMILES string of the molecule is CC1(c2ccc(F)c(Cl)c2)OC(NS(C)(=O)=O)=C(O)C1=O. The van der Waals surface area contributed by atoms with Crippen LogP contribution < -0.4 is 4.72 Å². The van der Waals surface area contributed by atoms with Gasteiger partial charge in [0.25, 0.3) is 5.78 Å². The van der Waals surface area contributed by atoms with Gasteiger partial charge in [0.05, 0.1) is 11.3 Å². The first-order valence-electron chi connectivity index (χ1n) is 5.65. The van der Waals surface area contributed by atoms with Crippen molar-refractivity contribution in [3.05, 3.63) is 46.2 Å². The van der Waals surface area contributed by atoms with E-state index in [1.807, 2.05) is 4.72 Å². The van der Waals surface area contributed by atoms with E-state index < -0.39 is 38.9 Å². The lowest BCUT2D eigenvalue weighted by Gasteiger charge is -2.23. The second-order valence-electron chi connectivity index (χ2n) is 4.65. The molecule has 1 aromatic rings. The topological polar surface area (TPSA) is 92.7 Å². The Morgan fingerprint density at radius 2 is 2.05 bits per heavy atom. The molecule has 0 saturated carbocycles. The number of aliphatic hydroxyl groups excluding tert-OH is 1. The number of ether oxygens (including phenoxy) is 1. The Morgan fingerprint density at radius 1 is 1.43 bits per heavy atom. The number of Topliss-reactive ketones (excluding diaryl/α,β-unsaturated/α-hetero) is 1. The molecule has 21 heavy (non-hydrogen) atoms. The van der Waals surface area contributed by atoms with Crippen molar-refractivity contribution in [1.82, 2.24) is 4.72 Å². The van der Waals surface area contributed by atoms with E-state index in [0.29, 0.717) is 0 Å². The van der Waals surface area contributed by atoms with Crippen LogP contribution in [0.3, 0.4) is 0 Å². The fraction of sp³-hybridized carbons (Fsp3) is 0.250. The highest BCUT2D eigenvalue weighted by Gasteiger charge is 2.48. The number of nitrogens with one attached hydrogen (secondary N) is 1. The molecule has 0 fully saturated rings. The van der Waals surface area contributed by atoms with Crippen molar-refractivity contribution in [1.29, 1.82) is 0 Å². The smallest absolute Gasteiger partial charge is 0.250 e. The van der Waals surface area contributed by atoms with Crippen molar-refractivity contribution < 1.29 is 27.4 Å². The number of aliphatic hydroxyl groups is 1. The number of rotatable bonds is 3. The molecule has 0 amide bonds. The number of sulfonamides is 1. The number of hydrogen-bond acceptors (Lipinski definition) is 5. The van der Waals surface area contributed by atoms with Crippen LogP contribution in [0.4, 0.5) is 4.39 Å². The van der Waals surface area contributed by atoms with Crippen molar-refractivity contribution in [2.24, 2.45) is 0 Å². The first kappa shape index (κ1) is 15.6. The molecule has 9 heteroatoms. The van der Waals surface area contributed by atoms with Gasteiger partial charge in [0, 0.05) is 5.56 Å². The van der Waals surface area contributed by atoms with E-state index in [1.54, 1.807) is 0 Å². The van der Waals surface area contributed by atoms with Gasteiger partial charge in [-0.3, -0.25) is 9.52 Å². The van der Waals surface area contributed by atoms with Gasteiger partial charge in [0.15, 0.2) is 5.60 Å². The Labute approximate surface area is 125 Å². The number of hydrogen-bond donors (Lipinski definition) is 2. The molecule has 6 nitrogen and oxygen atoms in total. The summed E-state index contributed by atoms with van der Waals surface area (Å²) in [6.07, 6.45) is 0.839. The lowest BCUT2D eigenvalue weighted by molar-refractivity contribution is -0.131. The summed E-state index contributed by atoms with van der Waals surface area (Å²) in [6.45, 7) is 1.31. The van der Waals surface area contributed by atoms with Gasteiger partial charge in [0.1, 0.15) is 5.82 Å². The van der Waals surface area contributed by atoms with Crippen LogP contribution in [-0.4, -0.2) is 25.6 Å². The standard InChI is InChI=1S/C12H11ClFNO5S/c1-12(6-3-4-8(14)7(13)5-6)10(17)9(16)11(20-12)15-21(2,18)19/h3-5,15-16H,1-2H3. The van der Waals surface area contributed by atoms with Crippen LogP contribution in [0.15, 0.2) is 29.8 Å². The molecule has 1 aliphatic heterocycles. The molecule has 0 spiro atoms. The van der Waals surface area contributed by atoms with Gasteiger partial charge >= 0.3 is 0 Å². The molecule has 114 valence electrons. The quantitative estimate of drug-likeness (QED) is 0.874. The minimum atomic E-state index is -3.74. The second kappa shape index (κ2) is 4.88. The van der Waals surface area contributed by atoms with Crippen molar-refractivity contribution in [3.8, 4) is 0 Å². The summed E-state index contributed by atoms with van der Waals surface area (Å²) in [5.74, 6) is -2.98. The summed E-state index contributed by atoms with van der Waals surface area (Å²) in [7, 11) is -3.74. The predicted molar refractivity (Wildman–Crippen MR) is 72.5 cm³/mol. The summed E-state index contributed by atoms with van der Waals surface area (Å²) < 4.78 is 42.6. The van der Waals surface area contributed by atoms with E-state index in [-0.39, 0.29) is 10.6 Å². The summed E-state index contributed by atoms with van der Waals surface area (Å²) in [5, 5.41) is 9.49. The Bertz CT molecular complexity index is 761. The van der Waals surface area contributed by atoms with Gasteiger partial charge in [-0.05, 0) is 19.1 Å². The minimum absolute atomic E-state index is 0.177. The molecule has 1 aromatic carbocycles. The van der Waals surface area contributed by atoms with Crippen molar-refractivity contribution >= 4 is 27.4 Å². The van der Waals surface area contributed by atoms with Crippen LogP contribution in [-0.2, 0) is 25.2 Å². The summed E-state index contributed by atoms with van der Waals surface area (Å²) >= 11 is 5.65. The van der Waals surface area contributed by atoms with E-state index in [0.717, 1.165) is 12.3 Å². The lowest BCUT2D eigenvalue weighted by atomic mass is 9.91. The van der Waals surface area contributed by atoms with Gasteiger partial charge in [-0.25, -0.2) is 12.8 Å². The summed E-state index contributed by atoms with van der Waals surface area (Å²) in [6, 6.07) is 3.47. The number of ketones is 1. The van der Waals surface area contributed by atoms with Crippen LogP contribution >= 0.6 is 11.6 Å².